The molecule has 0 aliphatic heterocycles. The summed E-state index contributed by atoms with van der Waals surface area (Å²) in [7, 11) is 0. The quantitative estimate of drug-likeness (QED) is 0.504. The molecule has 2 rings (SSSR count). The lowest BCUT2D eigenvalue weighted by Gasteiger charge is -2.29. The third-order valence-corrected chi connectivity index (χ3v) is 6.36. The van der Waals surface area contributed by atoms with Gasteiger partial charge in [-0.2, -0.15) is 0 Å². The molecular weight excluding hydrogens is 439 g/mol. The maximum absolute atomic E-state index is 13.0. The lowest BCUT2D eigenvalue weighted by atomic mass is 10.1. The van der Waals surface area contributed by atoms with Crippen molar-refractivity contribution >= 4 is 46.8 Å². The number of hydrogen-bond acceptors (Lipinski definition) is 3. The van der Waals surface area contributed by atoms with E-state index in [-0.39, 0.29) is 17.6 Å². The first-order valence-corrected chi connectivity index (χ1v) is 11.9. The number of amides is 2. The molecule has 4 nitrogen and oxygen atoms in total. The zero-order valence-corrected chi connectivity index (χ0v) is 19.9. The summed E-state index contributed by atoms with van der Waals surface area (Å²) in [5.74, 6) is 0.711. The largest absolute Gasteiger partial charge is 0.354 e. The second-order valence-corrected chi connectivity index (χ2v) is 9.02. The second kappa shape index (κ2) is 12.2. The fourth-order valence-corrected chi connectivity index (χ4v) is 4.13. The lowest BCUT2D eigenvalue weighted by molar-refractivity contribution is -0.138. The van der Waals surface area contributed by atoms with E-state index in [2.05, 4.69) is 5.32 Å². The van der Waals surface area contributed by atoms with Crippen LogP contribution in [0.4, 0.5) is 0 Å². The number of thioether (sulfide) groups is 1. The highest BCUT2D eigenvalue weighted by Gasteiger charge is 2.25. The van der Waals surface area contributed by atoms with Crippen LogP contribution in [0.3, 0.4) is 0 Å². The lowest BCUT2D eigenvalue weighted by Crippen LogP contribution is -2.48. The highest BCUT2D eigenvalue weighted by Crippen LogP contribution is 2.25. The smallest absolute Gasteiger partial charge is 0.242 e. The van der Waals surface area contributed by atoms with Gasteiger partial charge in [-0.1, -0.05) is 66.0 Å². The van der Waals surface area contributed by atoms with Gasteiger partial charge in [0.1, 0.15) is 6.04 Å². The van der Waals surface area contributed by atoms with Gasteiger partial charge in [-0.3, -0.25) is 9.59 Å². The highest BCUT2D eigenvalue weighted by atomic mass is 35.5. The van der Waals surface area contributed by atoms with Crippen molar-refractivity contribution < 1.29 is 9.59 Å². The first kappa shape index (κ1) is 24.6. The number of nitrogens with zero attached hydrogens (tertiary/aromatic N) is 1. The average Bonchev–Trinajstić information content (AvgIpc) is 2.72. The van der Waals surface area contributed by atoms with E-state index in [1.807, 2.05) is 50.2 Å². The van der Waals surface area contributed by atoms with Crippen LogP contribution in [0.5, 0.6) is 0 Å². The minimum Gasteiger partial charge on any atom is -0.354 e. The van der Waals surface area contributed by atoms with Gasteiger partial charge in [0.05, 0.1) is 15.8 Å². The van der Waals surface area contributed by atoms with Crippen LogP contribution in [0.1, 0.15) is 37.0 Å². The van der Waals surface area contributed by atoms with Gasteiger partial charge in [-0.25, -0.2) is 0 Å². The van der Waals surface area contributed by atoms with Crippen molar-refractivity contribution in [3.63, 3.8) is 0 Å². The summed E-state index contributed by atoms with van der Waals surface area (Å²) in [6.07, 6.45) is 0.851. The van der Waals surface area contributed by atoms with Crippen molar-refractivity contribution in [2.24, 2.45) is 0 Å². The highest BCUT2D eigenvalue weighted by molar-refractivity contribution is 7.99. The number of aryl methyl sites for hydroxylation is 1. The Bertz CT molecular complexity index is 876. The Labute approximate surface area is 193 Å². The van der Waals surface area contributed by atoms with Gasteiger partial charge in [0.2, 0.25) is 11.8 Å². The maximum atomic E-state index is 13.0. The van der Waals surface area contributed by atoms with E-state index in [1.54, 1.807) is 17.9 Å². The molecule has 7 heteroatoms. The summed E-state index contributed by atoms with van der Waals surface area (Å²) in [4.78, 5) is 27.2. The van der Waals surface area contributed by atoms with Crippen molar-refractivity contribution in [3.8, 4) is 0 Å². The Kier molecular flexibility index (Phi) is 10.0. The minimum atomic E-state index is -0.546. The van der Waals surface area contributed by atoms with Gasteiger partial charge in [0.25, 0.3) is 0 Å². The molecule has 0 aliphatic carbocycles. The van der Waals surface area contributed by atoms with Gasteiger partial charge in [-0.15, -0.1) is 11.8 Å². The van der Waals surface area contributed by atoms with Crippen LogP contribution in [0, 0.1) is 6.92 Å². The number of nitrogens with one attached hydrogen (secondary N) is 1. The predicted octanol–water partition coefficient (Wildman–Crippen LogP) is 5.48. The molecule has 0 unspecified atom stereocenters. The van der Waals surface area contributed by atoms with Crippen LogP contribution in [0.15, 0.2) is 42.5 Å². The van der Waals surface area contributed by atoms with E-state index in [4.69, 9.17) is 23.2 Å². The molecule has 162 valence electrons. The van der Waals surface area contributed by atoms with Gasteiger partial charge >= 0.3 is 0 Å². The molecule has 30 heavy (non-hydrogen) atoms. The van der Waals surface area contributed by atoms with Crippen LogP contribution in [-0.2, 0) is 21.9 Å². The second-order valence-electron chi connectivity index (χ2n) is 7.22. The van der Waals surface area contributed by atoms with Crippen molar-refractivity contribution in [3.05, 3.63) is 69.2 Å². The fraction of sp³-hybridized carbons (Fsp3) is 0.391. The van der Waals surface area contributed by atoms with Gasteiger partial charge in [-0.05, 0) is 43.5 Å². The molecule has 1 N–H and O–H groups in total. The molecule has 0 saturated carbocycles. The Hall–Kier alpha value is -1.69. The Morgan fingerprint density at radius 2 is 1.87 bits per heavy atom. The molecule has 0 bridgehead atoms. The Morgan fingerprint density at radius 3 is 2.53 bits per heavy atom. The van der Waals surface area contributed by atoms with E-state index >= 15 is 0 Å². The number of carbonyl (C=O) groups excluding carboxylic acids is 2. The zero-order valence-electron chi connectivity index (χ0n) is 17.6. The SMILES string of the molecule is CCCNC(=O)[C@H](C)N(Cc1cccc(C)c1)C(=O)CSCc1ccc(Cl)c(Cl)c1. The predicted molar refractivity (Wildman–Crippen MR) is 127 cm³/mol. The number of carbonyl (C=O) groups is 2. The van der Waals surface area contributed by atoms with Crippen LogP contribution >= 0.6 is 35.0 Å². The van der Waals surface area contributed by atoms with E-state index in [0.29, 0.717) is 28.9 Å². The molecule has 0 spiro atoms. The molecule has 2 aromatic rings. The molecule has 2 amide bonds. The molecule has 1 atom stereocenters. The summed E-state index contributed by atoms with van der Waals surface area (Å²) in [5, 5.41) is 3.91. The van der Waals surface area contributed by atoms with Crippen LogP contribution in [0.25, 0.3) is 0 Å². The van der Waals surface area contributed by atoms with Crippen molar-refractivity contribution in [2.45, 2.75) is 45.5 Å². The molecule has 0 heterocycles. The zero-order chi connectivity index (χ0) is 22.1. The van der Waals surface area contributed by atoms with Gasteiger partial charge in [0.15, 0.2) is 0 Å². The van der Waals surface area contributed by atoms with Crippen molar-refractivity contribution in [1.29, 1.82) is 0 Å². The maximum Gasteiger partial charge on any atom is 0.242 e. The minimum absolute atomic E-state index is 0.0688. The van der Waals surface area contributed by atoms with Crippen LogP contribution in [-0.4, -0.2) is 35.1 Å². The van der Waals surface area contributed by atoms with Crippen molar-refractivity contribution in [1.82, 2.24) is 10.2 Å². The Balaban J connectivity index is 2.06. The average molecular weight is 467 g/mol. The van der Waals surface area contributed by atoms with Gasteiger partial charge < -0.3 is 10.2 Å². The number of rotatable bonds is 10. The molecule has 0 fully saturated rings. The van der Waals surface area contributed by atoms with Crippen LogP contribution in [0.2, 0.25) is 10.0 Å². The summed E-state index contributed by atoms with van der Waals surface area (Å²) in [6, 6.07) is 12.9. The first-order valence-electron chi connectivity index (χ1n) is 9.96. The molecule has 0 aromatic heterocycles. The standard InChI is InChI=1S/C23H28Cl2N2O2S/c1-4-10-26-23(29)17(3)27(13-18-7-5-6-16(2)11-18)22(28)15-30-14-19-8-9-20(24)21(25)12-19/h5-9,11-12,17H,4,10,13-15H2,1-3H3,(H,26,29)/t17-/m0/s1. The third kappa shape index (κ3) is 7.53. The summed E-state index contributed by atoms with van der Waals surface area (Å²) >= 11 is 13.5. The summed E-state index contributed by atoms with van der Waals surface area (Å²) in [6.45, 7) is 6.79. The monoisotopic (exact) mass is 466 g/mol. The molecule has 2 aromatic carbocycles. The van der Waals surface area contributed by atoms with Gasteiger partial charge in [0, 0.05) is 18.8 Å². The van der Waals surface area contributed by atoms with Crippen LogP contribution < -0.4 is 5.32 Å². The fourth-order valence-electron chi connectivity index (χ4n) is 2.95. The van der Waals surface area contributed by atoms with E-state index in [9.17, 15) is 9.59 Å². The first-order chi connectivity index (χ1) is 14.3. The molecular formula is C23H28Cl2N2O2S. The number of hydrogen-bond donors (Lipinski definition) is 1. The normalized spacial score (nSPS) is 11.8. The molecule has 0 radical (unpaired) electrons. The molecule has 0 saturated heterocycles. The van der Waals surface area contributed by atoms with E-state index in [0.717, 1.165) is 23.1 Å². The third-order valence-electron chi connectivity index (χ3n) is 4.63. The summed E-state index contributed by atoms with van der Waals surface area (Å²) < 4.78 is 0. The van der Waals surface area contributed by atoms with E-state index in [1.165, 1.54) is 11.8 Å². The topological polar surface area (TPSA) is 49.4 Å². The summed E-state index contributed by atoms with van der Waals surface area (Å²) in [5.41, 5.74) is 3.13. The number of benzene rings is 2. The van der Waals surface area contributed by atoms with Crippen molar-refractivity contribution in [2.75, 3.05) is 12.3 Å². The van der Waals surface area contributed by atoms with E-state index < -0.39 is 6.04 Å². The molecule has 0 aliphatic rings. The number of halogens is 2. The Morgan fingerprint density at radius 1 is 1.10 bits per heavy atom.